The molecule has 28 heavy (non-hydrogen) atoms. The second-order valence-electron chi connectivity index (χ2n) is 6.44. The molecule has 148 valence electrons. The van der Waals surface area contributed by atoms with Crippen LogP contribution in [0.5, 0.6) is 5.75 Å². The summed E-state index contributed by atoms with van der Waals surface area (Å²) in [7, 11) is 0. The third-order valence-electron chi connectivity index (χ3n) is 4.36. The van der Waals surface area contributed by atoms with Crippen molar-refractivity contribution in [2.75, 3.05) is 25.0 Å². The summed E-state index contributed by atoms with van der Waals surface area (Å²) in [5, 5.41) is 2.61. The van der Waals surface area contributed by atoms with Gasteiger partial charge in [-0.05, 0) is 61.4 Å². The average molecular weight is 392 g/mol. The first-order valence-corrected chi connectivity index (χ1v) is 8.82. The maximum atomic E-state index is 12.5. The zero-order valence-corrected chi connectivity index (χ0v) is 15.0. The summed E-state index contributed by atoms with van der Waals surface area (Å²) >= 11 is 0. The van der Waals surface area contributed by atoms with E-state index >= 15 is 0 Å². The molecule has 2 aromatic rings. The van der Waals surface area contributed by atoms with Gasteiger partial charge < -0.3 is 15.0 Å². The Kier molecular flexibility index (Phi) is 5.87. The first-order valence-electron chi connectivity index (χ1n) is 8.82. The molecule has 3 rings (SSSR count). The zero-order chi connectivity index (χ0) is 20.1. The fraction of sp³-hybridized carbons (Fsp3) is 0.300. The molecule has 0 radical (unpaired) electrons. The summed E-state index contributed by atoms with van der Waals surface area (Å²) in [6, 6.07) is 10.6. The molecule has 1 N–H and O–H groups in total. The number of benzene rings is 2. The largest absolute Gasteiger partial charge is 0.484 e. The molecule has 0 aliphatic carbocycles. The van der Waals surface area contributed by atoms with Gasteiger partial charge in [0.25, 0.3) is 11.8 Å². The Morgan fingerprint density at radius 2 is 1.57 bits per heavy atom. The lowest BCUT2D eigenvalue weighted by atomic mass is 10.2. The van der Waals surface area contributed by atoms with Crippen molar-refractivity contribution in [3.63, 3.8) is 0 Å². The van der Waals surface area contributed by atoms with Crippen molar-refractivity contribution in [1.29, 1.82) is 0 Å². The molecule has 1 saturated heterocycles. The van der Waals surface area contributed by atoms with Gasteiger partial charge >= 0.3 is 6.18 Å². The number of nitrogens with one attached hydrogen (secondary N) is 1. The van der Waals surface area contributed by atoms with Crippen molar-refractivity contribution >= 4 is 17.5 Å². The SMILES string of the molecule is O=C(COc1ccc(C(F)(F)F)cc1)Nc1ccc(C(=O)N2CCCC2)cc1. The topological polar surface area (TPSA) is 58.6 Å². The molecule has 0 bridgehead atoms. The van der Waals surface area contributed by atoms with E-state index in [1.54, 1.807) is 29.2 Å². The number of carbonyl (C=O) groups excluding carboxylic acids is 2. The Bertz CT molecular complexity index is 827. The normalized spacial score (nSPS) is 14.0. The van der Waals surface area contributed by atoms with Gasteiger partial charge in [0.2, 0.25) is 0 Å². The Morgan fingerprint density at radius 1 is 0.964 bits per heavy atom. The van der Waals surface area contributed by atoms with Crippen molar-refractivity contribution < 1.29 is 27.5 Å². The van der Waals surface area contributed by atoms with Crippen LogP contribution >= 0.6 is 0 Å². The zero-order valence-electron chi connectivity index (χ0n) is 15.0. The minimum Gasteiger partial charge on any atom is -0.484 e. The number of anilines is 1. The Balaban J connectivity index is 1.50. The van der Waals surface area contributed by atoms with Gasteiger partial charge in [-0.2, -0.15) is 13.2 Å². The molecule has 1 fully saturated rings. The van der Waals surface area contributed by atoms with Crippen LogP contribution in [0.4, 0.5) is 18.9 Å². The lowest BCUT2D eigenvalue weighted by Crippen LogP contribution is -2.27. The van der Waals surface area contributed by atoms with E-state index in [1.165, 1.54) is 0 Å². The number of ether oxygens (including phenoxy) is 1. The fourth-order valence-electron chi connectivity index (χ4n) is 2.89. The summed E-state index contributed by atoms with van der Waals surface area (Å²) in [6.07, 6.45) is -2.39. The second kappa shape index (κ2) is 8.33. The number of alkyl halides is 3. The molecule has 8 heteroatoms. The number of likely N-dealkylation sites (tertiary alicyclic amines) is 1. The summed E-state index contributed by atoms with van der Waals surface area (Å²) < 4.78 is 42.7. The molecule has 1 aliphatic rings. The first kappa shape index (κ1) is 19.7. The average Bonchev–Trinajstić information content (AvgIpc) is 3.21. The van der Waals surface area contributed by atoms with Crippen molar-refractivity contribution in [2.45, 2.75) is 19.0 Å². The molecule has 1 aliphatic heterocycles. The Labute approximate surface area is 160 Å². The molecule has 0 unspecified atom stereocenters. The molecule has 0 spiro atoms. The Morgan fingerprint density at radius 3 is 2.14 bits per heavy atom. The minimum absolute atomic E-state index is 0.0268. The molecular weight excluding hydrogens is 373 g/mol. The van der Waals surface area contributed by atoms with Crippen LogP contribution < -0.4 is 10.1 Å². The van der Waals surface area contributed by atoms with E-state index in [0.717, 1.165) is 50.2 Å². The number of nitrogens with zero attached hydrogens (tertiary/aromatic N) is 1. The molecule has 2 amide bonds. The highest BCUT2D eigenvalue weighted by Gasteiger charge is 2.30. The third kappa shape index (κ3) is 5.03. The smallest absolute Gasteiger partial charge is 0.416 e. The van der Waals surface area contributed by atoms with Crippen LogP contribution in [0.15, 0.2) is 48.5 Å². The van der Waals surface area contributed by atoms with Gasteiger partial charge in [-0.1, -0.05) is 0 Å². The summed E-state index contributed by atoms with van der Waals surface area (Å²) in [5.74, 6) is -0.325. The number of hydrogen-bond acceptors (Lipinski definition) is 3. The van der Waals surface area contributed by atoms with Crippen LogP contribution in [0.2, 0.25) is 0 Å². The number of halogens is 3. The lowest BCUT2D eigenvalue weighted by molar-refractivity contribution is -0.137. The minimum atomic E-state index is -4.42. The van der Waals surface area contributed by atoms with E-state index in [1.807, 2.05) is 0 Å². The van der Waals surface area contributed by atoms with Gasteiger partial charge in [0, 0.05) is 24.3 Å². The highest BCUT2D eigenvalue weighted by atomic mass is 19.4. The standard InChI is InChI=1S/C20H19F3N2O3/c21-20(22,23)15-5-9-17(10-6-15)28-13-18(26)24-16-7-3-14(4-8-16)19(27)25-11-1-2-12-25/h3-10H,1-2,11-13H2,(H,24,26). The number of carbonyl (C=O) groups is 2. The van der Waals surface area contributed by atoms with E-state index in [4.69, 9.17) is 4.74 Å². The molecule has 2 aromatic carbocycles. The predicted octanol–water partition coefficient (Wildman–Crippen LogP) is 3.96. The predicted molar refractivity (Wildman–Crippen MR) is 97.1 cm³/mol. The highest BCUT2D eigenvalue weighted by Crippen LogP contribution is 2.30. The maximum Gasteiger partial charge on any atom is 0.416 e. The number of amides is 2. The van der Waals surface area contributed by atoms with E-state index in [2.05, 4.69) is 5.32 Å². The van der Waals surface area contributed by atoms with Crippen molar-refractivity contribution in [3.05, 3.63) is 59.7 Å². The second-order valence-corrected chi connectivity index (χ2v) is 6.44. The van der Waals surface area contributed by atoms with Crippen molar-refractivity contribution in [1.82, 2.24) is 4.90 Å². The Hall–Kier alpha value is -3.03. The highest BCUT2D eigenvalue weighted by molar-refractivity contribution is 5.96. The summed E-state index contributed by atoms with van der Waals surface area (Å²) in [6.45, 7) is 1.18. The van der Waals surface area contributed by atoms with Gasteiger partial charge in [-0.25, -0.2) is 0 Å². The van der Waals surface area contributed by atoms with Crippen LogP contribution in [0.1, 0.15) is 28.8 Å². The quantitative estimate of drug-likeness (QED) is 0.838. The van der Waals surface area contributed by atoms with E-state index in [-0.39, 0.29) is 18.3 Å². The lowest BCUT2D eigenvalue weighted by Gasteiger charge is -2.15. The number of rotatable bonds is 5. The van der Waals surface area contributed by atoms with Crippen molar-refractivity contribution in [2.24, 2.45) is 0 Å². The van der Waals surface area contributed by atoms with Crippen LogP contribution in [-0.4, -0.2) is 36.4 Å². The van der Waals surface area contributed by atoms with Gasteiger partial charge in [-0.15, -0.1) is 0 Å². The fourth-order valence-corrected chi connectivity index (χ4v) is 2.89. The molecule has 0 saturated carbocycles. The van der Waals surface area contributed by atoms with Gasteiger partial charge in [0.1, 0.15) is 5.75 Å². The van der Waals surface area contributed by atoms with Crippen LogP contribution in [0.25, 0.3) is 0 Å². The van der Waals surface area contributed by atoms with Crippen LogP contribution in [-0.2, 0) is 11.0 Å². The van der Waals surface area contributed by atoms with E-state index < -0.39 is 17.6 Å². The van der Waals surface area contributed by atoms with Gasteiger partial charge in [0.05, 0.1) is 5.56 Å². The first-order chi connectivity index (χ1) is 13.3. The maximum absolute atomic E-state index is 12.5. The number of hydrogen-bond donors (Lipinski definition) is 1. The monoisotopic (exact) mass is 392 g/mol. The van der Waals surface area contributed by atoms with Crippen molar-refractivity contribution in [3.8, 4) is 5.75 Å². The molecule has 1 heterocycles. The molecule has 0 aromatic heterocycles. The van der Waals surface area contributed by atoms with Gasteiger partial charge in [-0.3, -0.25) is 9.59 Å². The van der Waals surface area contributed by atoms with E-state index in [9.17, 15) is 22.8 Å². The summed E-state index contributed by atoms with van der Waals surface area (Å²) in [5.41, 5.74) is 0.271. The van der Waals surface area contributed by atoms with Crippen LogP contribution in [0, 0.1) is 0 Å². The molecule has 5 nitrogen and oxygen atoms in total. The third-order valence-corrected chi connectivity index (χ3v) is 4.36. The van der Waals surface area contributed by atoms with Crippen LogP contribution in [0.3, 0.4) is 0 Å². The molecular formula is C20H19F3N2O3. The summed E-state index contributed by atoms with van der Waals surface area (Å²) in [4.78, 5) is 26.0. The van der Waals surface area contributed by atoms with E-state index in [0.29, 0.717) is 11.3 Å². The van der Waals surface area contributed by atoms with Gasteiger partial charge in [0.15, 0.2) is 6.61 Å². The molecule has 0 atom stereocenters.